The largest absolute Gasteiger partial charge is 0.481 e. The summed E-state index contributed by atoms with van der Waals surface area (Å²) >= 11 is 0. The lowest BCUT2D eigenvalue weighted by atomic mass is 9.73. The minimum atomic E-state index is -0.926. The van der Waals surface area contributed by atoms with Gasteiger partial charge in [-0.15, -0.1) is 0 Å². The number of nitrogens with one attached hydrogen (secondary N) is 1. The highest BCUT2D eigenvalue weighted by molar-refractivity contribution is 5.96. The van der Waals surface area contributed by atoms with Crippen LogP contribution in [0.4, 0.5) is 5.69 Å². The summed E-state index contributed by atoms with van der Waals surface area (Å²) in [5.41, 5.74) is -0.202. The molecule has 2 rings (SSSR count). The zero-order valence-electron chi connectivity index (χ0n) is 13.9. The van der Waals surface area contributed by atoms with Crippen molar-refractivity contribution in [2.24, 2.45) is 5.92 Å². The second kappa shape index (κ2) is 6.98. The van der Waals surface area contributed by atoms with Gasteiger partial charge in [0.25, 0.3) is 11.6 Å². The third-order valence-corrected chi connectivity index (χ3v) is 4.83. The first-order valence-electron chi connectivity index (χ1n) is 8.11. The molecule has 1 fully saturated rings. The van der Waals surface area contributed by atoms with Crippen LogP contribution in [0.5, 0.6) is 0 Å². The Bertz CT molecular complexity index is 673. The highest BCUT2D eigenvalue weighted by Gasteiger charge is 2.42. The van der Waals surface area contributed by atoms with Gasteiger partial charge in [0.05, 0.1) is 16.4 Å². The first kappa shape index (κ1) is 17.9. The number of aryl methyl sites for hydroxylation is 1. The number of nitro groups is 1. The quantitative estimate of drug-likeness (QED) is 0.635. The Hall–Kier alpha value is -2.44. The van der Waals surface area contributed by atoms with Gasteiger partial charge < -0.3 is 10.4 Å². The molecule has 1 aliphatic rings. The van der Waals surface area contributed by atoms with Crippen molar-refractivity contribution in [3.8, 4) is 0 Å². The second-order valence-corrected chi connectivity index (χ2v) is 6.46. The van der Waals surface area contributed by atoms with Gasteiger partial charge in [0, 0.05) is 17.2 Å². The Morgan fingerprint density at radius 1 is 1.42 bits per heavy atom. The summed E-state index contributed by atoms with van der Waals surface area (Å²) < 4.78 is 0. The Morgan fingerprint density at radius 3 is 2.71 bits per heavy atom. The lowest BCUT2D eigenvalue weighted by Crippen LogP contribution is -2.55. The molecule has 1 aromatic rings. The van der Waals surface area contributed by atoms with E-state index in [4.69, 9.17) is 0 Å². The number of carbonyl (C=O) groups excluding carboxylic acids is 1. The lowest BCUT2D eigenvalue weighted by molar-refractivity contribution is -0.385. The molecule has 2 unspecified atom stereocenters. The van der Waals surface area contributed by atoms with Crippen molar-refractivity contribution in [3.05, 3.63) is 39.4 Å². The zero-order valence-corrected chi connectivity index (χ0v) is 13.9. The fraction of sp³-hybridized carbons (Fsp3) is 0.529. The number of nitro benzene ring substituents is 1. The summed E-state index contributed by atoms with van der Waals surface area (Å²) in [6, 6.07) is 4.38. The van der Waals surface area contributed by atoms with E-state index in [9.17, 15) is 24.8 Å². The SMILES string of the molecule is CCc1ccc(C(=O)NC2(C)CCCCC2C(=O)O)cc1[N+](=O)[O-]. The number of carboxylic acid groups (broad SMARTS) is 1. The second-order valence-electron chi connectivity index (χ2n) is 6.46. The highest BCUT2D eigenvalue weighted by Crippen LogP contribution is 2.34. The van der Waals surface area contributed by atoms with E-state index in [1.807, 2.05) is 6.92 Å². The van der Waals surface area contributed by atoms with Crippen LogP contribution in [0.2, 0.25) is 0 Å². The Labute approximate surface area is 140 Å². The minimum absolute atomic E-state index is 0.0891. The zero-order chi connectivity index (χ0) is 17.9. The molecule has 1 amide bonds. The summed E-state index contributed by atoms with van der Waals surface area (Å²) in [7, 11) is 0. The van der Waals surface area contributed by atoms with Crippen LogP contribution in [0.3, 0.4) is 0 Å². The molecule has 1 aromatic carbocycles. The monoisotopic (exact) mass is 334 g/mol. The number of rotatable bonds is 5. The standard InChI is InChI=1S/C17H22N2O5/c1-3-11-7-8-12(10-14(11)19(23)24)15(20)18-17(2)9-5-4-6-13(17)16(21)22/h7-8,10,13H,3-6,9H2,1-2H3,(H,18,20)(H,21,22). The lowest BCUT2D eigenvalue weighted by Gasteiger charge is -2.39. The van der Waals surface area contributed by atoms with Crippen LogP contribution in [-0.2, 0) is 11.2 Å². The maximum Gasteiger partial charge on any atom is 0.308 e. The molecule has 0 spiro atoms. The number of hydrogen-bond donors (Lipinski definition) is 2. The average molecular weight is 334 g/mol. The molecule has 1 aliphatic carbocycles. The van der Waals surface area contributed by atoms with Crippen molar-refractivity contribution in [1.82, 2.24) is 5.32 Å². The molecule has 7 nitrogen and oxygen atoms in total. The molecule has 7 heteroatoms. The van der Waals surface area contributed by atoms with E-state index >= 15 is 0 Å². The third kappa shape index (κ3) is 3.55. The Balaban J connectivity index is 2.27. The van der Waals surface area contributed by atoms with Crippen molar-refractivity contribution in [1.29, 1.82) is 0 Å². The molecule has 0 bridgehead atoms. The van der Waals surface area contributed by atoms with Gasteiger partial charge in [0.2, 0.25) is 0 Å². The number of aliphatic carboxylic acids is 1. The molecule has 2 atom stereocenters. The van der Waals surface area contributed by atoms with Crippen LogP contribution in [-0.4, -0.2) is 27.4 Å². The number of benzene rings is 1. The van der Waals surface area contributed by atoms with E-state index in [0.29, 0.717) is 24.8 Å². The number of amides is 1. The van der Waals surface area contributed by atoms with Crippen LogP contribution in [0.25, 0.3) is 0 Å². The Kier molecular flexibility index (Phi) is 5.21. The van der Waals surface area contributed by atoms with Gasteiger partial charge in [-0.25, -0.2) is 0 Å². The van der Waals surface area contributed by atoms with E-state index < -0.39 is 28.3 Å². The molecule has 130 valence electrons. The van der Waals surface area contributed by atoms with Gasteiger partial charge in [-0.2, -0.15) is 0 Å². The number of hydrogen-bond acceptors (Lipinski definition) is 4. The molecule has 1 saturated carbocycles. The van der Waals surface area contributed by atoms with E-state index in [1.165, 1.54) is 6.07 Å². The first-order chi connectivity index (χ1) is 11.3. The molecular formula is C17H22N2O5. The fourth-order valence-corrected chi connectivity index (χ4v) is 3.38. The molecular weight excluding hydrogens is 312 g/mol. The first-order valence-corrected chi connectivity index (χ1v) is 8.11. The van der Waals surface area contributed by atoms with Crippen molar-refractivity contribution < 1.29 is 19.6 Å². The van der Waals surface area contributed by atoms with Gasteiger partial charge >= 0.3 is 5.97 Å². The Morgan fingerprint density at radius 2 is 2.12 bits per heavy atom. The predicted octanol–water partition coefficient (Wildman–Crippen LogP) is 2.92. The topological polar surface area (TPSA) is 110 Å². The van der Waals surface area contributed by atoms with E-state index in [1.54, 1.807) is 19.1 Å². The maximum atomic E-state index is 12.5. The summed E-state index contributed by atoms with van der Waals surface area (Å²) in [6.07, 6.45) is 3.25. The van der Waals surface area contributed by atoms with E-state index in [2.05, 4.69) is 5.32 Å². The highest BCUT2D eigenvalue weighted by atomic mass is 16.6. The number of carboxylic acids is 1. The molecule has 0 aromatic heterocycles. The summed E-state index contributed by atoms with van der Waals surface area (Å²) in [6.45, 7) is 3.54. The predicted molar refractivity (Wildman–Crippen MR) is 87.9 cm³/mol. The fourth-order valence-electron chi connectivity index (χ4n) is 3.38. The van der Waals surface area contributed by atoms with Crippen LogP contribution in [0, 0.1) is 16.0 Å². The van der Waals surface area contributed by atoms with Gasteiger partial charge in [-0.3, -0.25) is 19.7 Å². The normalized spacial score (nSPS) is 23.5. The minimum Gasteiger partial charge on any atom is -0.481 e. The van der Waals surface area contributed by atoms with Crippen molar-refractivity contribution in [2.45, 2.75) is 51.5 Å². The van der Waals surface area contributed by atoms with Crippen LogP contribution < -0.4 is 5.32 Å². The molecule has 0 aliphatic heterocycles. The van der Waals surface area contributed by atoms with Gasteiger partial charge in [-0.1, -0.05) is 25.8 Å². The van der Waals surface area contributed by atoms with Gasteiger partial charge in [-0.05, 0) is 32.3 Å². The third-order valence-electron chi connectivity index (χ3n) is 4.83. The van der Waals surface area contributed by atoms with Crippen LogP contribution >= 0.6 is 0 Å². The van der Waals surface area contributed by atoms with Gasteiger partial charge in [0.1, 0.15) is 0 Å². The maximum absolute atomic E-state index is 12.5. The van der Waals surface area contributed by atoms with E-state index in [-0.39, 0.29) is 11.3 Å². The van der Waals surface area contributed by atoms with Crippen molar-refractivity contribution >= 4 is 17.6 Å². The molecule has 2 N–H and O–H groups in total. The molecule has 0 radical (unpaired) electrons. The summed E-state index contributed by atoms with van der Waals surface area (Å²) in [5.74, 6) is -2.05. The molecule has 0 heterocycles. The number of carbonyl (C=O) groups is 2. The average Bonchev–Trinajstić information content (AvgIpc) is 2.53. The molecule has 24 heavy (non-hydrogen) atoms. The van der Waals surface area contributed by atoms with Crippen molar-refractivity contribution in [2.75, 3.05) is 0 Å². The van der Waals surface area contributed by atoms with Crippen molar-refractivity contribution in [3.63, 3.8) is 0 Å². The smallest absolute Gasteiger partial charge is 0.308 e. The molecule has 0 saturated heterocycles. The van der Waals surface area contributed by atoms with Crippen LogP contribution in [0.1, 0.15) is 55.5 Å². The summed E-state index contributed by atoms with van der Waals surface area (Å²) in [4.78, 5) is 34.7. The number of nitrogens with zero attached hydrogens (tertiary/aromatic N) is 1. The van der Waals surface area contributed by atoms with Gasteiger partial charge in [0.15, 0.2) is 0 Å². The summed E-state index contributed by atoms with van der Waals surface area (Å²) in [5, 5.41) is 23.4. The van der Waals surface area contributed by atoms with E-state index in [0.717, 1.165) is 12.8 Å². The van der Waals surface area contributed by atoms with Crippen LogP contribution in [0.15, 0.2) is 18.2 Å².